The van der Waals surface area contributed by atoms with Gasteiger partial charge in [-0.3, -0.25) is 13.7 Å². The van der Waals surface area contributed by atoms with E-state index in [1.165, 1.54) is 0 Å². The first-order valence-corrected chi connectivity index (χ1v) is 9.83. The van der Waals surface area contributed by atoms with Crippen molar-refractivity contribution in [1.82, 2.24) is 0 Å². The Morgan fingerprint density at radius 2 is 1.08 bits per heavy atom. The van der Waals surface area contributed by atoms with Crippen molar-refractivity contribution in [1.29, 1.82) is 0 Å². The van der Waals surface area contributed by atoms with Crippen molar-refractivity contribution in [3.05, 3.63) is 24.3 Å². The number of nitrogens with two attached hydrogens (primary N) is 1. The minimum Gasteiger partial charge on any atom is -0.412 e. The summed E-state index contributed by atoms with van der Waals surface area (Å²) in [5.41, 5.74) is 5.09. The molecule has 0 heterocycles. The molecule has 0 aliphatic carbocycles. The molecule has 136 valence electrons. The van der Waals surface area contributed by atoms with Gasteiger partial charge in [-0.2, -0.15) is 25.3 Å². The minimum atomic E-state index is -4.95. The number of anilines is 1. The molecule has 0 saturated heterocycles. The normalized spacial score (nSPS) is 11.8. The molecule has 0 saturated carbocycles. The van der Waals surface area contributed by atoms with Gasteiger partial charge in [0.05, 0.1) is 9.79 Å². The van der Waals surface area contributed by atoms with Crippen LogP contribution >= 0.6 is 0 Å². The van der Waals surface area contributed by atoms with Crippen molar-refractivity contribution in [3.63, 3.8) is 0 Å². The van der Waals surface area contributed by atoms with Crippen LogP contribution in [-0.4, -0.2) is 104 Å². The number of hydrogen-bond donors (Lipinski definition) is 4. The summed E-state index contributed by atoms with van der Waals surface area (Å²) in [6, 6.07) is 2.69. The molecule has 16 heteroatoms. The Bertz CT molecular complexity index is 1140. The zero-order chi connectivity index (χ0) is 17.8. The van der Waals surface area contributed by atoms with Crippen molar-refractivity contribution in [3.8, 4) is 0 Å². The molecule has 0 atom stereocenters. The first-order valence-electron chi connectivity index (χ1n) is 5.51. The van der Waals surface area contributed by atoms with Gasteiger partial charge in [-0.15, -0.1) is 0 Å². The van der Waals surface area contributed by atoms with E-state index in [9.17, 15) is 29.8 Å². The van der Waals surface area contributed by atoms with E-state index in [0.29, 0.717) is 6.07 Å². The largest absolute Gasteiger partial charge is 0.412 e. The minimum absolute atomic E-state index is 0. The molecular weight excluding hydrogens is 436 g/mol. The summed E-state index contributed by atoms with van der Waals surface area (Å²) in [5, 5.41) is -0.715. The van der Waals surface area contributed by atoms with Crippen LogP contribution in [0.15, 0.2) is 39.0 Å². The molecule has 11 nitrogen and oxygen atoms in total. The van der Waals surface area contributed by atoms with Crippen molar-refractivity contribution < 1.29 is 44.4 Å². The Morgan fingerprint density at radius 3 is 1.42 bits per heavy atom. The maximum Gasteiger partial charge on any atom is 0.295 e. The van der Waals surface area contributed by atoms with Crippen molar-refractivity contribution in [2.75, 3.05) is 5.73 Å². The monoisotopic (exact) mass is 447 g/mol. The number of rotatable bonds is 3. The van der Waals surface area contributed by atoms with Crippen LogP contribution in [0.1, 0.15) is 0 Å². The molecule has 7 N–H and O–H groups in total. The molecule has 2 aromatic rings. The van der Waals surface area contributed by atoms with E-state index in [2.05, 4.69) is 0 Å². The Kier molecular flexibility index (Phi) is 9.97. The predicted octanol–water partition coefficient (Wildman–Crippen LogP) is -1.42. The van der Waals surface area contributed by atoms with Crippen LogP contribution in [-0.2, 0) is 30.4 Å². The van der Waals surface area contributed by atoms with Crippen LogP contribution in [0.3, 0.4) is 0 Å². The van der Waals surface area contributed by atoms with Gasteiger partial charge in [-0.1, -0.05) is 0 Å². The second-order valence-electron chi connectivity index (χ2n) is 4.46. The molecule has 2 radical (unpaired) electrons. The molecule has 0 aromatic heterocycles. The average Bonchev–Trinajstić information content (AvgIpc) is 2.33. The summed E-state index contributed by atoms with van der Waals surface area (Å²) in [4.78, 5) is -2.58. The van der Waals surface area contributed by atoms with E-state index in [1.807, 2.05) is 0 Å². The van der Waals surface area contributed by atoms with Gasteiger partial charge in [0.2, 0.25) is 0 Å². The topological polar surface area (TPSA) is 221 Å². The second-order valence-corrected chi connectivity index (χ2v) is 8.69. The Balaban J connectivity index is 0. The zero-order valence-electron chi connectivity index (χ0n) is 13.4. The van der Waals surface area contributed by atoms with Crippen LogP contribution in [0.4, 0.5) is 5.69 Å². The molecule has 2 aromatic carbocycles. The van der Waals surface area contributed by atoms with Crippen LogP contribution < -0.4 is 5.73 Å². The standard InChI is InChI=1S/C10H9NO9S3.2Na.H2O/c11-8-3-6(21(12,13)14)1-5-2-7(22(15,16)17)4-9(10(5)8)23(18,19)20;;;/h1-4H,11H2,(H,12,13,14)(H,15,16,17)(H,18,19,20);;;1H2. The van der Waals surface area contributed by atoms with Crippen molar-refractivity contribution in [2.45, 2.75) is 14.7 Å². The van der Waals surface area contributed by atoms with E-state index >= 15 is 0 Å². The Hall–Kier alpha value is 0.190. The fraction of sp³-hybridized carbons (Fsp3) is 0. The van der Waals surface area contributed by atoms with Crippen molar-refractivity contribution in [2.24, 2.45) is 0 Å². The van der Waals surface area contributed by atoms with Crippen LogP contribution in [0.25, 0.3) is 10.8 Å². The van der Waals surface area contributed by atoms with E-state index in [0.717, 1.165) is 18.2 Å². The van der Waals surface area contributed by atoms with Crippen LogP contribution in [0, 0.1) is 0 Å². The van der Waals surface area contributed by atoms with Gasteiger partial charge in [0.25, 0.3) is 30.4 Å². The summed E-state index contributed by atoms with van der Waals surface area (Å²) >= 11 is 0. The molecule has 0 unspecified atom stereocenters. The third kappa shape index (κ3) is 6.10. The maximum atomic E-state index is 11.4. The Morgan fingerprint density at radius 1 is 0.692 bits per heavy atom. The molecule has 0 amide bonds. The first kappa shape index (κ1) is 28.4. The number of nitrogen functional groups attached to an aromatic ring is 1. The van der Waals surface area contributed by atoms with Crippen LogP contribution in [0.5, 0.6) is 0 Å². The van der Waals surface area contributed by atoms with Crippen LogP contribution in [0.2, 0.25) is 0 Å². The third-order valence-corrected chi connectivity index (χ3v) is 5.40. The Labute approximate surface area is 193 Å². The molecule has 0 bridgehead atoms. The molecule has 0 aliphatic rings. The first-order chi connectivity index (χ1) is 10.2. The van der Waals surface area contributed by atoms with Gasteiger partial charge in [0.15, 0.2) is 0 Å². The smallest absolute Gasteiger partial charge is 0.295 e. The molecular formula is C10H11NNa2O10S3. The SMILES string of the molecule is Nc1cc(S(=O)(=O)O)cc2cc(S(=O)(=O)O)cc(S(=O)(=O)O)c12.O.[Na].[Na]. The van der Waals surface area contributed by atoms with Gasteiger partial charge in [0.1, 0.15) is 4.90 Å². The molecule has 0 aliphatic heterocycles. The summed E-state index contributed by atoms with van der Waals surface area (Å²) in [6.07, 6.45) is 0. The fourth-order valence-electron chi connectivity index (χ4n) is 1.96. The summed E-state index contributed by atoms with van der Waals surface area (Å²) in [7, 11) is -14.5. The molecule has 0 fully saturated rings. The summed E-state index contributed by atoms with van der Waals surface area (Å²) < 4.78 is 94.8. The quantitative estimate of drug-likeness (QED) is 0.244. The van der Waals surface area contributed by atoms with E-state index in [-0.39, 0.29) is 75.4 Å². The molecule has 0 spiro atoms. The van der Waals surface area contributed by atoms with Gasteiger partial charge in [-0.25, -0.2) is 0 Å². The second kappa shape index (κ2) is 9.13. The number of hydrogen-bond acceptors (Lipinski definition) is 7. The van der Waals surface area contributed by atoms with Gasteiger partial charge in [-0.05, 0) is 29.7 Å². The predicted molar refractivity (Wildman–Crippen MR) is 92.9 cm³/mol. The summed E-state index contributed by atoms with van der Waals surface area (Å²) in [6.45, 7) is 0. The average molecular weight is 447 g/mol. The maximum absolute atomic E-state index is 11.4. The van der Waals surface area contributed by atoms with E-state index < -0.39 is 50.7 Å². The molecule has 26 heavy (non-hydrogen) atoms. The number of benzene rings is 2. The van der Waals surface area contributed by atoms with Crippen molar-refractivity contribution >= 4 is 106 Å². The zero-order valence-corrected chi connectivity index (χ0v) is 19.9. The fourth-order valence-corrected chi connectivity index (χ4v) is 3.89. The molecule has 2 rings (SSSR count). The van der Waals surface area contributed by atoms with Gasteiger partial charge >= 0.3 is 0 Å². The van der Waals surface area contributed by atoms with Gasteiger partial charge < -0.3 is 11.2 Å². The number of fused-ring (bicyclic) bond motifs is 1. The summed E-state index contributed by atoms with van der Waals surface area (Å²) in [5.74, 6) is 0. The van der Waals surface area contributed by atoms with Gasteiger partial charge in [0, 0.05) is 70.2 Å². The van der Waals surface area contributed by atoms with E-state index in [1.54, 1.807) is 0 Å². The van der Waals surface area contributed by atoms with E-state index in [4.69, 9.17) is 14.8 Å². The third-order valence-electron chi connectivity index (χ3n) is 2.86.